The second kappa shape index (κ2) is 8.99. The van der Waals surface area contributed by atoms with E-state index in [-0.39, 0.29) is 32.7 Å². The number of ketones is 1. The SMILES string of the molecule is COC(=O)c1sc(N2C(=O)C(=O)C(=C(O)c3cccc(OC)c3)C2c2ccc(O)cc2)nc1C. The van der Waals surface area contributed by atoms with Crippen LogP contribution in [0.4, 0.5) is 5.13 Å². The van der Waals surface area contributed by atoms with Gasteiger partial charge in [-0.15, -0.1) is 0 Å². The lowest BCUT2D eigenvalue weighted by atomic mass is 9.95. The number of benzene rings is 2. The predicted octanol–water partition coefficient (Wildman–Crippen LogP) is 3.58. The summed E-state index contributed by atoms with van der Waals surface area (Å²) in [4.78, 5) is 44.1. The lowest BCUT2D eigenvalue weighted by molar-refractivity contribution is -0.132. The van der Waals surface area contributed by atoms with Crippen LogP contribution in [0.15, 0.2) is 54.1 Å². The monoisotopic (exact) mass is 480 g/mol. The molecule has 3 aromatic rings. The van der Waals surface area contributed by atoms with Crippen molar-refractivity contribution in [2.45, 2.75) is 13.0 Å². The molecule has 1 atom stereocenters. The molecule has 1 fully saturated rings. The van der Waals surface area contributed by atoms with Crippen LogP contribution in [0.5, 0.6) is 11.5 Å². The Kier molecular flexibility index (Phi) is 6.08. The summed E-state index contributed by atoms with van der Waals surface area (Å²) in [5, 5.41) is 21.0. The number of hydrogen-bond acceptors (Lipinski definition) is 9. The van der Waals surface area contributed by atoms with Crippen molar-refractivity contribution in [1.82, 2.24) is 4.98 Å². The van der Waals surface area contributed by atoms with E-state index >= 15 is 0 Å². The van der Waals surface area contributed by atoms with Gasteiger partial charge in [0, 0.05) is 5.56 Å². The highest BCUT2D eigenvalue weighted by Gasteiger charge is 2.48. The van der Waals surface area contributed by atoms with Crippen LogP contribution in [0.3, 0.4) is 0 Å². The van der Waals surface area contributed by atoms with Crippen molar-refractivity contribution in [3.8, 4) is 11.5 Å². The molecule has 0 radical (unpaired) electrons. The molecule has 1 aliphatic rings. The maximum Gasteiger partial charge on any atom is 0.350 e. The number of aromatic nitrogens is 1. The molecule has 34 heavy (non-hydrogen) atoms. The minimum atomic E-state index is -1.05. The molecule has 1 unspecified atom stereocenters. The summed E-state index contributed by atoms with van der Waals surface area (Å²) >= 11 is 0.906. The van der Waals surface area contributed by atoms with Crippen LogP contribution >= 0.6 is 11.3 Å². The topological polar surface area (TPSA) is 126 Å². The number of thiazole rings is 1. The second-order valence-electron chi connectivity index (χ2n) is 7.40. The van der Waals surface area contributed by atoms with Crippen LogP contribution in [0.2, 0.25) is 0 Å². The van der Waals surface area contributed by atoms with Crippen molar-refractivity contribution >= 4 is 39.9 Å². The van der Waals surface area contributed by atoms with E-state index in [9.17, 15) is 24.6 Å². The molecule has 0 spiro atoms. The first-order valence-corrected chi connectivity index (χ1v) is 10.9. The fourth-order valence-electron chi connectivity index (χ4n) is 3.70. The number of aliphatic hydroxyl groups excluding tert-OH is 1. The van der Waals surface area contributed by atoms with E-state index in [1.54, 1.807) is 43.3 Å². The molecule has 174 valence electrons. The van der Waals surface area contributed by atoms with Crippen molar-refractivity contribution in [3.05, 3.63) is 75.8 Å². The molecule has 1 aliphatic heterocycles. The molecule has 0 bridgehead atoms. The number of aryl methyl sites for hydroxylation is 1. The normalized spacial score (nSPS) is 17.1. The summed E-state index contributed by atoms with van der Waals surface area (Å²) in [6.45, 7) is 1.59. The van der Waals surface area contributed by atoms with E-state index in [2.05, 4.69) is 4.98 Å². The Morgan fingerprint density at radius 3 is 2.47 bits per heavy atom. The molecule has 2 heterocycles. The second-order valence-corrected chi connectivity index (χ2v) is 8.37. The average Bonchev–Trinajstić information content (AvgIpc) is 3.35. The average molecular weight is 480 g/mol. The highest BCUT2D eigenvalue weighted by atomic mass is 32.1. The number of esters is 1. The molecular weight excluding hydrogens is 460 g/mol. The van der Waals surface area contributed by atoms with Gasteiger partial charge in [0.05, 0.1) is 31.5 Å². The summed E-state index contributed by atoms with van der Waals surface area (Å²) in [5.41, 5.74) is 0.919. The van der Waals surface area contributed by atoms with Crippen molar-refractivity contribution < 1.29 is 34.1 Å². The van der Waals surface area contributed by atoms with Crippen LogP contribution in [0, 0.1) is 6.92 Å². The predicted molar refractivity (Wildman–Crippen MR) is 124 cm³/mol. The molecule has 4 rings (SSSR count). The third-order valence-electron chi connectivity index (χ3n) is 5.36. The van der Waals surface area contributed by atoms with Gasteiger partial charge in [0.25, 0.3) is 5.78 Å². The lowest BCUT2D eigenvalue weighted by Gasteiger charge is -2.23. The number of aromatic hydroxyl groups is 1. The molecule has 1 aromatic heterocycles. The molecule has 2 aromatic carbocycles. The number of Topliss-reactive ketones (excluding diaryl/α,β-unsaturated/α-hetero) is 1. The van der Waals surface area contributed by atoms with E-state index in [1.165, 1.54) is 26.4 Å². The van der Waals surface area contributed by atoms with Gasteiger partial charge >= 0.3 is 11.9 Å². The van der Waals surface area contributed by atoms with Crippen LogP contribution in [-0.4, -0.2) is 47.1 Å². The van der Waals surface area contributed by atoms with Gasteiger partial charge in [0.15, 0.2) is 5.13 Å². The number of hydrogen-bond donors (Lipinski definition) is 2. The number of aliphatic hydroxyl groups is 1. The van der Waals surface area contributed by atoms with Gasteiger partial charge in [0.1, 0.15) is 22.1 Å². The number of amides is 1. The van der Waals surface area contributed by atoms with E-state index in [4.69, 9.17) is 9.47 Å². The van der Waals surface area contributed by atoms with E-state index in [0.29, 0.717) is 17.0 Å². The summed E-state index contributed by atoms with van der Waals surface area (Å²) in [6.07, 6.45) is 0. The maximum atomic E-state index is 13.2. The molecule has 0 saturated carbocycles. The Labute approximate surface area is 198 Å². The lowest BCUT2D eigenvalue weighted by Crippen LogP contribution is -2.29. The van der Waals surface area contributed by atoms with Crippen molar-refractivity contribution in [1.29, 1.82) is 0 Å². The third-order valence-corrected chi connectivity index (χ3v) is 6.50. The van der Waals surface area contributed by atoms with Gasteiger partial charge in [-0.1, -0.05) is 35.6 Å². The van der Waals surface area contributed by atoms with Gasteiger partial charge in [-0.3, -0.25) is 14.5 Å². The smallest absolute Gasteiger partial charge is 0.350 e. The molecule has 10 heteroatoms. The quantitative estimate of drug-likeness (QED) is 0.246. The largest absolute Gasteiger partial charge is 0.508 e. The fraction of sp³-hybridized carbons (Fsp3) is 0.167. The van der Waals surface area contributed by atoms with E-state index < -0.39 is 23.7 Å². The van der Waals surface area contributed by atoms with Gasteiger partial charge < -0.3 is 19.7 Å². The molecule has 1 amide bonds. The summed E-state index contributed by atoms with van der Waals surface area (Å²) in [5.74, 6) is -2.38. The Hall–Kier alpha value is -4.18. The van der Waals surface area contributed by atoms with Crippen molar-refractivity contribution in [3.63, 3.8) is 0 Å². The summed E-state index contributed by atoms with van der Waals surface area (Å²) < 4.78 is 9.98. The number of methoxy groups -OCH3 is 2. The molecule has 0 aliphatic carbocycles. The van der Waals surface area contributed by atoms with E-state index in [1.807, 2.05) is 0 Å². The molecule has 1 saturated heterocycles. The number of carbonyl (C=O) groups excluding carboxylic acids is 3. The zero-order valence-corrected chi connectivity index (χ0v) is 19.3. The summed E-state index contributed by atoms with van der Waals surface area (Å²) in [6, 6.07) is 11.3. The first-order chi connectivity index (χ1) is 16.3. The Morgan fingerprint density at radius 2 is 1.82 bits per heavy atom. The Bertz CT molecular complexity index is 1330. The fourth-order valence-corrected chi connectivity index (χ4v) is 4.71. The molecule has 2 N–H and O–H groups in total. The number of phenolic OH excluding ortho intramolecular Hbond substituents is 1. The van der Waals surface area contributed by atoms with Gasteiger partial charge in [-0.25, -0.2) is 9.78 Å². The van der Waals surface area contributed by atoms with Crippen LogP contribution in [0.1, 0.15) is 32.5 Å². The molecule has 9 nitrogen and oxygen atoms in total. The third kappa shape index (κ3) is 3.88. The van der Waals surface area contributed by atoms with Gasteiger partial charge in [-0.05, 0) is 36.8 Å². The number of carbonyl (C=O) groups is 3. The highest BCUT2D eigenvalue weighted by molar-refractivity contribution is 7.17. The van der Waals surface area contributed by atoms with Crippen LogP contribution in [0.25, 0.3) is 5.76 Å². The Morgan fingerprint density at radius 1 is 1.12 bits per heavy atom. The van der Waals surface area contributed by atoms with Gasteiger partial charge in [-0.2, -0.15) is 0 Å². The number of nitrogens with zero attached hydrogens (tertiary/aromatic N) is 2. The standard InChI is InChI=1S/C24H20N2O7S/c1-12-21(23(31)33-3)34-24(25-12)26-18(13-7-9-15(27)10-8-13)17(20(29)22(26)30)19(28)14-5-4-6-16(11-14)32-2/h4-11,18,27-28H,1-3H3. The zero-order valence-electron chi connectivity index (χ0n) is 18.4. The maximum absolute atomic E-state index is 13.2. The van der Waals surface area contributed by atoms with E-state index in [0.717, 1.165) is 16.2 Å². The van der Waals surface area contributed by atoms with Gasteiger partial charge in [0.2, 0.25) is 0 Å². The van der Waals surface area contributed by atoms with Crippen LogP contribution < -0.4 is 9.64 Å². The number of ether oxygens (including phenoxy) is 2. The number of anilines is 1. The Balaban J connectivity index is 1.93. The summed E-state index contributed by atoms with van der Waals surface area (Å²) in [7, 11) is 2.70. The van der Waals surface area contributed by atoms with Crippen LogP contribution in [-0.2, 0) is 14.3 Å². The molecular formula is C24H20N2O7S. The number of rotatable bonds is 5. The number of phenols is 1. The first kappa shape index (κ1) is 23.0. The van der Waals surface area contributed by atoms with Crippen molar-refractivity contribution in [2.24, 2.45) is 0 Å². The highest BCUT2D eigenvalue weighted by Crippen LogP contribution is 2.44. The van der Waals surface area contributed by atoms with Crippen molar-refractivity contribution in [2.75, 3.05) is 19.1 Å². The zero-order chi connectivity index (χ0) is 24.6. The first-order valence-electron chi connectivity index (χ1n) is 10.1. The minimum Gasteiger partial charge on any atom is -0.508 e. The minimum absolute atomic E-state index is 0.00781.